The Balaban J connectivity index is 0.00000289. The number of likely N-dealkylation sites (tertiary alicyclic amines) is 1. The predicted octanol–water partition coefficient (Wildman–Crippen LogP) is 4.70. The molecule has 0 aliphatic carbocycles. The Hall–Kier alpha value is -2.45. The SMILES string of the molecule is CN=C(NCc1cccc(-c2ccccn2)c1)NC1CCN(Cc2ccccc2)CC1.I. The third-order valence-electron chi connectivity index (χ3n) is 5.75. The van der Waals surface area contributed by atoms with Crippen LogP contribution in [-0.4, -0.2) is 42.0 Å². The maximum atomic E-state index is 4.45. The van der Waals surface area contributed by atoms with Gasteiger partial charge in [-0.25, -0.2) is 0 Å². The number of aromatic nitrogens is 1. The molecule has 2 aromatic carbocycles. The van der Waals surface area contributed by atoms with Gasteiger partial charge in [-0.3, -0.25) is 14.9 Å². The molecule has 6 heteroatoms. The maximum absolute atomic E-state index is 4.45. The normalized spacial score (nSPS) is 15.1. The molecule has 0 spiro atoms. The average Bonchev–Trinajstić information content (AvgIpc) is 2.84. The third kappa shape index (κ3) is 7.03. The zero-order valence-electron chi connectivity index (χ0n) is 18.6. The van der Waals surface area contributed by atoms with Crippen molar-refractivity contribution in [2.45, 2.75) is 32.0 Å². The lowest BCUT2D eigenvalue weighted by Crippen LogP contribution is -2.48. The molecule has 1 saturated heterocycles. The Morgan fingerprint density at radius 2 is 1.72 bits per heavy atom. The Morgan fingerprint density at radius 3 is 2.44 bits per heavy atom. The molecule has 5 nitrogen and oxygen atoms in total. The van der Waals surface area contributed by atoms with Crippen LogP contribution in [0.4, 0.5) is 0 Å². The van der Waals surface area contributed by atoms with Gasteiger partial charge >= 0.3 is 0 Å². The van der Waals surface area contributed by atoms with Crippen LogP contribution in [0.5, 0.6) is 0 Å². The van der Waals surface area contributed by atoms with Crippen LogP contribution in [0.25, 0.3) is 11.3 Å². The van der Waals surface area contributed by atoms with Crippen molar-refractivity contribution >= 4 is 29.9 Å². The van der Waals surface area contributed by atoms with Crippen molar-refractivity contribution in [1.82, 2.24) is 20.5 Å². The van der Waals surface area contributed by atoms with Gasteiger partial charge in [0.1, 0.15) is 0 Å². The van der Waals surface area contributed by atoms with E-state index in [1.807, 2.05) is 31.4 Å². The minimum Gasteiger partial charge on any atom is -0.354 e. The summed E-state index contributed by atoms with van der Waals surface area (Å²) in [4.78, 5) is 11.4. The Morgan fingerprint density at radius 1 is 0.969 bits per heavy atom. The average molecular weight is 541 g/mol. The van der Waals surface area contributed by atoms with E-state index in [1.54, 1.807) is 0 Å². The molecule has 3 aromatic rings. The number of hydrogen-bond donors (Lipinski definition) is 2. The van der Waals surface area contributed by atoms with Crippen molar-refractivity contribution < 1.29 is 0 Å². The van der Waals surface area contributed by atoms with Crippen molar-refractivity contribution in [1.29, 1.82) is 0 Å². The summed E-state index contributed by atoms with van der Waals surface area (Å²) in [5.74, 6) is 0.866. The lowest BCUT2D eigenvalue weighted by molar-refractivity contribution is 0.198. The lowest BCUT2D eigenvalue weighted by atomic mass is 10.0. The highest BCUT2D eigenvalue weighted by Gasteiger charge is 2.20. The molecule has 0 amide bonds. The smallest absolute Gasteiger partial charge is 0.191 e. The Bertz CT molecular complexity index is 970. The molecule has 0 unspecified atom stereocenters. The van der Waals surface area contributed by atoms with Crippen molar-refractivity contribution in [3.8, 4) is 11.3 Å². The summed E-state index contributed by atoms with van der Waals surface area (Å²) >= 11 is 0. The Kier molecular flexibility index (Phi) is 9.49. The first-order valence-electron chi connectivity index (χ1n) is 11.0. The summed E-state index contributed by atoms with van der Waals surface area (Å²) in [6.07, 6.45) is 4.09. The van der Waals surface area contributed by atoms with Crippen LogP contribution in [0.2, 0.25) is 0 Å². The molecule has 2 heterocycles. The molecular formula is C26H32IN5. The minimum absolute atomic E-state index is 0. The first-order chi connectivity index (χ1) is 15.3. The zero-order valence-corrected chi connectivity index (χ0v) is 20.9. The van der Waals surface area contributed by atoms with Crippen LogP contribution < -0.4 is 10.6 Å². The number of guanidine groups is 1. The maximum Gasteiger partial charge on any atom is 0.191 e. The number of benzene rings is 2. The van der Waals surface area contributed by atoms with Gasteiger partial charge in [0.2, 0.25) is 0 Å². The second-order valence-corrected chi connectivity index (χ2v) is 8.02. The molecule has 0 radical (unpaired) electrons. The van der Waals surface area contributed by atoms with Crippen LogP contribution in [0.15, 0.2) is 84.0 Å². The molecule has 1 aliphatic rings. The van der Waals surface area contributed by atoms with Gasteiger partial charge in [-0.1, -0.05) is 54.6 Å². The first-order valence-corrected chi connectivity index (χ1v) is 11.0. The Labute approximate surface area is 208 Å². The highest BCUT2D eigenvalue weighted by atomic mass is 127. The molecule has 32 heavy (non-hydrogen) atoms. The molecule has 1 fully saturated rings. The molecule has 168 valence electrons. The number of nitrogens with zero attached hydrogens (tertiary/aromatic N) is 3. The standard InChI is InChI=1S/C26H31N5.HI/c1-27-26(29-19-22-10-7-11-23(18-22)25-12-5-6-15-28-25)30-24-13-16-31(17-14-24)20-21-8-3-2-4-9-21;/h2-12,15,18,24H,13-14,16-17,19-20H2,1H3,(H2,27,29,30);1H. The second kappa shape index (κ2) is 12.6. The van der Waals surface area contributed by atoms with E-state index in [4.69, 9.17) is 0 Å². The van der Waals surface area contributed by atoms with E-state index in [-0.39, 0.29) is 24.0 Å². The quantitative estimate of drug-likeness (QED) is 0.270. The summed E-state index contributed by atoms with van der Waals surface area (Å²) in [6.45, 7) is 3.98. The van der Waals surface area contributed by atoms with E-state index in [0.717, 1.165) is 56.2 Å². The van der Waals surface area contributed by atoms with Crippen LogP contribution in [0, 0.1) is 0 Å². The van der Waals surface area contributed by atoms with Gasteiger partial charge in [0.25, 0.3) is 0 Å². The van der Waals surface area contributed by atoms with E-state index >= 15 is 0 Å². The van der Waals surface area contributed by atoms with E-state index in [0.29, 0.717) is 6.04 Å². The van der Waals surface area contributed by atoms with E-state index in [2.05, 4.69) is 80.1 Å². The fraction of sp³-hybridized carbons (Fsp3) is 0.308. The van der Waals surface area contributed by atoms with Gasteiger partial charge in [0.15, 0.2) is 5.96 Å². The first kappa shape index (κ1) is 24.2. The minimum atomic E-state index is 0. The van der Waals surface area contributed by atoms with Crippen molar-refractivity contribution in [3.05, 3.63) is 90.1 Å². The van der Waals surface area contributed by atoms with Crippen molar-refractivity contribution in [3.63, 3.8) is 0 Å². The third-order valence-corrected chi connectivity index (χ3v) is 5.75. The highest BCUT2D eigenvalue weighted by molar-refractivity contribution is 14.0. The second-order valence-electron chi connectivity index (χ2n) is 8.02. The number of halogens is 1. The number of rotatable bonds is 6. The molecular weight excluding hydrogens is 509 g/mol. The molecule has 0 bridgehead atoms. The molecule has 1 aromatic heterocycles. The fourth-order valence-corrected chi connectivity index (χ4v) is 4.02. The molecule has 2 N–H and O–H groups in total. The van der Waals surface area contributed by atoms with E-state index in [1.165, 1.54) is 11.1 Å². The molecule has 4 rings (SSSR count). The van der Waals surface area contributed by atoms with Crippen LogP contribution >= 0.6 is 24.0 Å². The summed E-state index contributed by atoms with van der Waals surface area (Å²) < 4.78 is 0. The van der Waals surface area contributed by atoms with Crippen molar-refractivity contribution in [2.24, 2.45) is 4.99 Å². The monoisotopic (exact) mass is 541 g/mol. The van der Waals surface area contributed by atoms with Gasteiger partial charge in [-0.05, 0) is 42.2 Å². The lowest BCUT2D eigenvalue weighted by Gasteiger charge is -2.33. The van der Waals surface area contributed by atoms with Gasteiger partial charge < -0.3 is 10.6 Å². The van der Waals surface area contributed by atoms with Crippen molar-refractivity contribution in [2.75, 3.05) is 20.1 Å². The number of nitrogens with one attached hydrogen (secondary N) is 2. The van der Waals surface area contributed by atoms with Gasteiger partial charge in [-0.2, -0.15) is 0 Å². The van der Waals surface area contributed by atoms with Crippen LogP contribution in [0.3, 0.4) is 0 Å². The number of pyridine rings is 1. The summed E-state index contributed by atoms with van der Waals surface area (Å²) in [6, 6.07) is 25.7. The largest absolute Gasteiger partial charge is 0.354 e. The summed E-state index contributed by atoms with van der Waals surface area (Å²) in [5.41, 5.74) is 4.73. The van der Waals surface area contributed by atoms with Crippen LogP contribution in [0.1, 0.15) is 24.0 Å². The summed E-state index contributed by atoms with van der Waals surface area (Å²) in [5, 5.41) is 7.07. The number of piperidine rings is 1. The number of hydrogen-bond acceptors (Lipinski definition) is 3. The van der Waals surface area contributed by atoms with Gasteiger partial charge in [0, 0.05) is 51.0 Å². The van der Waals surface area contributed by atoms with Gasteiger partial charge in [0.05, 0.1) is 5.69 Å². The topological polar surface area (TPSA) is 52.6 Å². The molecule has 0 atom stereocenters. The molecule has 1 aliphatic heterocycles. The summed E-state index contributed by atoms with van der Waals surface area (Å²) in [7, 11) is 1.84. The zero-order chi connectivity index (χ0) is 21.3. The highest BCUT2D eigenvalue weighted by Crippen LogP contribution is 2.18. The van der Waals surface area contributed by atoms with Gasteiger partial charge in [-0.15, -0.1) is 24.0 Å². The number of aliphatic imine (C=N–C) groups is 1. The van der Waals surface area contributed by atoms with E-state index < -0.39 is 0 Å². The van der Waals surface area contributed by atoms with Crippen LogP contribution in [-0.2, 0) is 13.1 Å². The molecule has 0 saturated carbocycles. The fourth-order valence-electron chi connectivity index (χ4n) is 4.02. The predicted molar refractivity (Wildman–Crippen MR) is 143 cm³/mol. The van der Waals surface area contributed by atoms with E-state index in [9.17, 15) is 0 Å².